The van der Waals surface area contributed by atoms with E-state index >= 15 is 0 Å². The Morgan fingerprint density at radius 2 is 2.00 bits per heavy atom. The van der Waals surface area contributed by atoms with Crippen LogP contribution >= 0.6 is 22.9 Å². The van der Waals surface area contributed by atoms with Crippen LogP contribution in [0.15, 0.2) is 39.2 Å². The van der Waals surface area contributed by atoms with Crippen LogP contribution < -0.4 is 15.6 Å². The Hall–Kier alpha value is -1.88. The quantitative estimate of drug-likeness (QED) is 0.531. The van der Waals surface area contributed by atoms with E-state index in [9.17, 15) is 18.0 Å². The Bertz CT molecular complexity index is 770. The summed E-state index contributed by atoms with van der Waals surface area (Å²) >= 11 is 6.45. The van der Waals surface area contributed by atoms with Gasteiger partial charge < -0.3 is 9.73 Å². The van der Waals surface area contributed by atoms with Crippen molar-refractivity contribution in [3.05, 3.63) is 40.6 Å². The lowest BCUT2D eigenvalue weighted by molar-refractivity contribution is -0.139. The molecule has 0 saturated carbocycles. The van der Waals surface area contributed by atoms with E-state index in [1.54, 1.807) is 22.4 Å². The zero-order valence-electron chi connectivity index (χ0n) is 10.8. The number of hydrogen-bond donors (Lipinski definition) is 3. The van der Waals surface area contributed by atoms with E-state index in [1.807, 2.05) is 0 Å². The maximum Gasteiger partial charge on any atom is 0.324 e. The molecule has 118 valence electrons. The predicted octanol–water partition coefficient (Wildman–Crippen LogP) is 0.620. The average molecular weight is 364 g/mol. The van der Waals surface area contributed by atoms with Crippen molar-refractivity contribution in [1.82, 2.24) is 15.6 Å². The summed E-state index contributed by atoms with van der Waals surface area (Å²) in [5, 5.41) is 2.27. The molecule has 2 amide bonds. The molecule has 2 rings (SSSR count). The minimum absolute atomic E-state index is 0.00648. The van der Waals surface area contributed by atoms with Crippen LogP contribution in [0.25, 0.3) is 0 Å². The van der Waals surface area contributed by atoms with Crippen molar-refractivity contribution in [3.63, 3.8) is 0 Å². The first-order chi connectivity index (χ1) is 10.4. The number of amides is 2. The number of carbonyl (C=O) groups excluding carboxylic acids is 2. The maximum absolute atomic E-state index is 11.8. The fourth-order valence-electron chi connectivity index (χ4n) is 1.32. The molecule has 0 bridgehead atoms. The summed E-state index contributed by atoms with van der Waals surface area (Å²) in [6, 6.07) is 5.92. The molecule has 0 aliphatic heterocycles. The van der Waals surface area contributed by atoms with Gasteiger partial charge in [0.15, 0.2) is 0 Å². The number of carbonyl (C=O) groups is 2. The highest BCUT2D eigenvalue weighted by molar-refractivity contribution is 7.91. The summed E-state index contributed by atoms with van der Waals surface area (Å²) in [7, 11) is -3.97. The summed E-state index contributed by atoms with van der Waals surface area (Å²) in [5.74, 6) is -1.71. The molecule has 0 spiro atoms. The number of thiophene rings is 1. The third-order valence-electron chi connectivity index (χ3n) is 2.32. The van der Waals surface area contributed by atoms with Gasteiger partial charge in [0.1, 0.15) is 9.97 Å². The predicted molar refractivity (Wildman–Crippen MR) is 78.3 cm³/mol. The van der Waals surface area contributed by atoms with Crippen LogP contribution in [-0.2, 0) is 26.2 Å². The Kier molecular flexibility index (Phi) is 5.19. The number of furan rings is 1. The van der Waals surface area contributed by atoms with Crippen LogP contribution in [0.4, 0.5) is 0 Å². The highest BCUT2D eigenvalue weighted by Gasteiger charge is 2.20. The number of hydrogen-bond acceptors (Lipinski definition) is 6. The number of nitrogens with one attached hydrogen (secondary N) is 3. The van der Waals surface area contributed by atoms with Crippen molar-refractivity contribution >= 4 is 44.8 Å². The second kappa shape index (κ2) is 6.92. The van der Waals surface area contributed by atoms with Crippen LogP contribution in [-0.4, -0.2) is 20.2 Å². The summed E-state index contributed by atoms with van der Waals surface area (Å²) in [4.78, 5) is 24.8. The van der Waals surface area contributed by atoms with Crippen molar-refractivity contribution in [1.29, 1.82) is 0 Å². The molecule has 0 fully saturated rings. The van der Waals surface area contributed by atoms with Gasteiger partial charge in [-0.05, 0) is 24.3 Å². The van der Waals surface area contributed by atoms with Gasteiger partial charge in [-0.2, -0.15) is 0 Å². The highest BCUT2D eigenvalue weighted by Crippen LogP contribution is 2.24. The Balaban J connectivity index is 1.85. The van der Waals surface area contributed by atoms with Gasteiger partial charge in [-0.1, -0.05) is 11.6 Å². The molecule has 0 unspecified atom stereocenters. The van der Waals surface area contributed by atoms with Gasteiger partial charge in [0.25, 0.3) is 10.0 Å². The average Bonchev–Trinajstić information content (AvgIpc) is 3.13. The standard InChI is InChI=1S/C11H10ClN3O5S2/c12-8-3-4-9(21-8)22(18,19)15-14-11(17)10(16)13-6-7-2-1-5-20-7/h1-5,15H,6H2,(H,13,16)(H,14,17). The van der Waals surface area contributed by atoms with Crippen molar-refractivity contribution < 1.29 is 22.4 Å². The molecular weight excluding hydrogens is 354 g/mol. The fraction of sp³-hybridized carbons (Fsp3) is 0.0909. The minimum atomic E-state index is -3.97. The zero-order valence-corrected chi connectivity index (χ0v) is 13.2. The molecule has 11 heteroatoms. The number of rotatable bonds is 5. The van der Waals surface area contributed by atoms with E-state index in [2.05, 4.69) is 5.32 Å². The van der Waals surface area contributed by atoms with E-state index in [0.29, 0.717) is 5.76 Å². The topological polar surface area (TPSA) is 118 Å². The van der Waals surface area contributed by atoms with Crippen molar-refractivity contribution in [2.45, 2.75) is 10.8 Å². The van der Waals surface area contributed by atoms with Crippen LogP contribution in [0.2, 0.25) is 4.34 Å². The molecule has 0 aliphatic carbocycles. The smallest absolute Gasteiger partial charge is 0.324 e. The van der Waals surface area contributed by atoms with E-state index in [-0.39, 0.29) is 15.1 Å². The molecule has 0 aliphatic rings. The van der Waals surface area contributed by atoms with Crippen molar-refractivity contribution in [3.8, 4) is 0 Å². The second-order valence-corrected chi connectivity index (χ2v) is 7.50. The fourth-order valence-corrected chi connectivity index (χ4v) is 3.65. The first-order valence-electron chi connectivity index (χ1n) is 5.76. The lowest BCUT2D eigenvalue weighted by atomic mass is 10.4. The van der Waals surface area contributed by atoms with Gasteiger partial charge in [-0.15, -0.1) is 16.2 Å². The zero-order chi connectivity index (χ0) is 16.2. The third kappa shape index (κ3) is 4.31. The van der Waals surface area contributed by atoms with Gasteiger partial charge >= 0.3 is 11.8 Å². The Morgan fingerprint density at radius 1 is 1.23 bits per heavy atom. The summed E-state index contributed by atoms with van der Waals surface area (Å²) in [6.07, 6.45) is 1.42. The third-order valence-corrected chi connectivity index (χ3v) is 5.29. The number of halogens is 1. The highest BCUT2D eigenvalue weighted by atomic mass is 35.5. The Labute approximate surface area is 134 Å². The van der Waals surface area contributed by atoms with Crippen molar-refractivity contribution in [2.24, 2.45) is 0 Å². The van der Waals surface area contributed by atoms with E-state index < -0.39 is 21.8 Å². The lowest BCUT2D eigenvalue weighted by Gasteiger charge is -2.06. The molecule has 22 heavy (non-hydrogen) atoms. The minimum Gasteiger partial charge on any atom is -0.467 e. The van der Waals surface area contributed by atoms with Crippen molar-refractivity contribution in [2.75, 3.05) is 0 Å². The van der Waals surface area contributed by atoms with Gasteiger partial charge in [0.2, 0.25) is 0 Å². The normalized spacial score (nSPS) is 11.1. The molecule has 0 saturated heterocycles. The van der Waals surface area contributed by atoms with Gasteiger partial charge in [-0.25, -0.2) is 8.42 Å². The molecular formula is C11H10ClN3O5S2. The molecule has 3 N–H and O–H groups in total. The van der Waals surface area contributed by atoms with Crippen LogP contribution in [0.1, 0.15) is 5.76 Å². The molecule has 2 aromatic heterocycles. The molecule has 2 heterocycles. The first kappa shape index (κ1) is 16.5. The second-order valence-electron chi connectivity index (χ2n) is 3.88. The number of hydrazine groups is 1. The summed E-state index contributed by atoms with van der Waals surface area (Å²) in [5.41, 5.74) is 1.80. The van der Waals surface area contributed by atoms with Gasteiger partial charge in [0, 0.05) is 0 Å². The summed E-state index contributed by atoms with van der Waals surface area (Å²) < 4.78 is 28.8. The van der Waals surface area contributed by atoms with Crippen LogP contribution in [0, 0.1) is 0 Å². The van der Waals surface area contributed by atoms with E-state index in [1.165, 1.54) is 18.4 Å². The summed E-state index contributed by atoms with van der Waals surface area (Å²) in [6.45, 7) is 0.00648. The number of sulfonamides is 1. The van der Waals surface area contributed by atoms with E-state index in [0.717, 1.165) is 11.3 Å². The molecule has 8 nitrogen and oxygen atoms in total. The molecule has 0 radical (unpaired) electrons. The Morgan fingerprint density at radius 3 is 2.59 bits per heavy atom. The lowest BCUT2D eigenvalue weighted by Crippen LogP contribution is -2.48. The van der Waals surface area contributed by atoms with E-state index in [4.69, 9.17) is 16.0 Å². The maximum atomic E-state index is 11.8. The first-order valence-corrected chi connectivity index (χ1v) is 8.44. The van der Waals surface area contributed by atoms with Crippen LogP contribution in [0.5, 0.6) is 0 Å². The van der Waals surface area contributed by atoms with Gasteiger partial charge in [-0.3, -0.25) is 15.0 Å². The largest absolute Gasteiger partial charge is 0.467 e. The monoisotopic (exact) mass is 363 g/mol. The molecule has 2 aromatic rings. The van der Waals surface area contributed by atoms with Crippen LogP contribution in [0.3, 0.4) is 0 Å². The SMILES string of the molecule is O=C(NCc1ccco1)C(=O)NNS(=O)(=O)c1ccc(Cl)s1. The molecule has 0 aromatic carbocycles. The van der Waals surface area contributed by atoms with Gasteiger partial charge in [0.05, 0.1) is 17.1 Å². The molecule has 0 atom stereocenters.